The molecule has 1 unspecified atom stereocenters. The van der Waals surface area contributed by atoms with Gasteiger partial charge in [0.15, 0.2) is 0 Å². The van der Waals surface area contributed by atoms with Gasteiger partial charge in [0.2, 0.25) is 0 Å². The molecule has 1 atom stereocenters. The molecule has 0 aliphatic carbocycles. The van der Waals surface area contributed by atoms with Gasteiger partial charge in [0, 0.05) is 13.3 Å². The third kappa shape index (κ3) is 3.72. The second-order valence-corrected chi connectivity index (χ2v) is 4.71. The number of ether oxygens (including phenoxy) is 2. The molecule has 6 heteroatoms. The number of hydrogen-bond donors (Lipinski definition) is 1. The Labute approximate surface area is 123 Å². The van der Waals surface area contributed by atoms with Crippen molar-refractivity contribution in [2.45, 2.75) is 19.5 Å². The predicted octanol–water partition coefficient (Wildman–Crippen LogP) is 2.85. The smallest absolute Gasteiger partial charge is 0.132 e. The average Bonchev–Trinajstić information content (AvgIpc) is 2.92. The van der Waals surface area contributed by atoms with Gasteiger partial charge < -0.3 is 14.8 Å². The van der Waals surface area contributed by atoms with Crippen LogP contribution in [0.15, 0.2) is 30.6 Å². The van der Waals surface area contributed by atoms with Gasteiger partial charge in [0.05, 0.1) is 43.8 Å². The summed E-state index contributed by atoms with van der Waals surface area (Å²) in [6, 6.07) is 4.57. The summed E-state index contributed by atoms with van der Waals surface area (Å²) >= 11 is 0. The van der Waals surface area contributed by atoms with Gasteiger partial charge in [-0.15, -0.1) is 0 Å². The van der Waals surface area contributed by atoms with E-state index in [-0.39, 0.29) is 11.9 Å². The van der Waals surface area contributed by atoms with E-state index in [4.69, 9.17) is 9.47 Å². The molecule has 1 heterocycles. The molecule has 2 aromatic rings. The maximum atomic E-state index is 14.0. The molecule has 0 saturated carbocycles. The first-order valence-electron chi connectivity index (χ1n) is 6.76. The standard InChI is InChI=1S/C15H20FN3O2/c1-11(15-13(16)5-4-6-14(15)21-3)18-12-9-17-19(10-12)7-8-20-2/h4-6,9-11,18H,7-8H2,1-3H3. The van der Waals surface area contributed by atoms with Crippen LogP contribution < -0.4 is 10.1 Å². The normalized spacial score (nSPS) is 12.2. The fourth-order valence-corrected chi connectivity index (χ4v) is 2.18. The third-order valence-electron chi connectivity index (χ3n) is 3.21. The maximum absolute atomic E-state index is 14.0. The molecular weight excluding hydrogens is 273 g/mol. The molecule has 5 nitrogen and oxygen atoms in total. The molecule has 0 aliphatic rings. The molecule has 2 rings (SSSR count). The summed E-state index contributed by atoms with van der Waals surface area (Å²) in [6.45, 7) is 3.15. The second kappa shape index (κ2) is 7.08. The lowest BCUT2D eigenvalue weighted by Crippen LogP contribution is -2.10. The topological polar surface area (TPSA) is 48.3 Å². The molecule has 0 fully saturated rings. The number of nitrogens with one attached hydrogen (secondary N) is 1. The molecule has 114 valence electrons. The van der Waals surface area contributed by atoms with E-state index in [0.717, 1.165) is 5.69 Å². The molecule has 1 aromatic heterocycles. The molecule has 0 spiro atoms. The van der Waals surface area contributed by atoms with E-state index in [2.05, 4.69) is 10.4 Å². The van der Waals surface area contributed by atoms with Crippen molar-refractivity contribution in [1.82, 2.24) is 9.78 Å². The Morgan fingerprint density at radius 3 is 2.90 bits per heavy atom. The predicted molar refractivity (Wildman–Crippen MR) is 79.1 cm³/mol. The first-order valence-corrected chi connectivity index (χ1v) is 6.76. The lowest BCUT2D eigenvalue weighted by molar-refractivity contribution is 0.183. The van der Waals surface area contributed by atoms with Gasteiger partial charge in [-0.1, -0.05) is 6.07 Å². The minimum atomic E-state index is -0.291. The van der Waals surface area contributed by atoms with E-state index in [0.29, 0.717) is 24.5 Å². The third-order valence-corrected chi connectivity index (χ3v) is 3.21. The second-order valence-electron chi connectivity index (χ2n) is 4.71. The van der Waals surface area contributed by atoms with Crippen LogP contribution in [0, 0.1) is 5.82 Å². The van der Waals surface area contributed by atoms with Crippen molar-refractivity contribution in [3.8, 4) is 5.75 Å². The Morgan fingerprint density at radius 1 is 1.38 bits per heavy atom. The summed E-state index contributed by atoms with van der Waals surface area (Å²) in [5.74, 6) is 0.239. The average molecular weight is 293 g/mol. The minimum Gasteiger partial charge on any atom is -0.496 e. The lowest BCUT2D eigenvalue weighted by Gasteiger charge is -2.17. The van der Waals surface area contributed by atoms with Crippen LogP contribution in [-0.4, -0.2) is 30.6 Å². The van der Waals surface area contributed by atoms with Crippen LogP contribution in [0.4, 0.5) is 10.1 Å². The van der Waals surface area contributed by atoms with Crippen molar-refractivity contribution in [2.75, 3.05) is 26.1 Å². The van der Waals surface area contributed by atoms with Gasteiger partial charge in [-0.2, -0.15) is 5.10 Å². The van der Waals surface area contributed by atoms with Gasteiger partial charge in [0.25, 0.3) is 0 Å². The van der Waals surface area contributed by atoms with Gasteiger partial charge in [-0.3, -0.25) is 4.68 Å². The number of aromatic nitrogens is 2. The van der Waals surface area contributed by atoms with Crippen LogP contribution >= 0.6 is 0 Å². The van der Waals surface area contributed by atoms with Crippen LogP contribution in [-0.2, 0) is 11.3 Å². The molecule has 1 N–H and O–H groups in total. The largest absolute Gasteiger partial charge is 0.496 e. The molecule has 0 aliphatic heterocycles. The maximum Gasteiger partial charge on any atom is 0.132 e. The van der Waals surface area contributed by atoms with E-state index >= 15 is 0 Å². The van der Waals surface area contributed by atoms with Crippen molar-refractivity contribution in [1.29, 1.82) is 0 Å². The van der Waals surface area contributed by atoms with E-state index in [1.54, 1.807) is 30.1 Å². The number of rotatable bonds is 7. The quantitative estimate of drug-likeness (QED) is 0.853. The molecular formula is C15H20FN3O2. The van der Waals surface area contributed by atoms with Gasteiger partial charge in [-0.25, -0.2) is 4.39 Å². The first-order chi connectivity index (χ1) is 10.2. The van der Waals surface area contributed by atoms with E-state index in [1.807, 2.05) is 13.1 Å². The molecule has 0 bridgehead atoms. The van der Waals surface area contributed by atoms with Crippen LogP contribution in [0.1, 0.15) is 18.5 Å². The number of methoxy groups -OCH3 is 2. The highest BCUT2D eigenvalue weighted by molar-refractivity contribution is 5.45. The molecule has 0 saturated heterocycles. The first kappa shape index (κ1) is 15.3. The van der Waals surface area contributed by atoms with Crippen LogP contribution in [0.5, 0.6) is 5.75 Å². The summed E-state index contributed by atoms with van der Waals surface area (Å²) in [7, 11) is 3.18. The summed E-state index contributed by atoms with van der Waals surface area (Å²) in [4.78, 5) is 0. The fraction of sp³-hybridized carbons (Fsp3) is 0.400. The Morgan fingerprint density at radius 2 is 2.19 bits per heavy atom. The van der Waals surface area contributed by atoms with Crippen LogP contribution in [0.25, 0.3) is 0 Å². The van der Waals surface area contributed by atoms with Gasteiger partial charge in [0.1, 0.15) is 11.6 Å². The van der Waals surface area contributed by atoms with E-state index < -0.39 is 0 Å². The summed E-state index contributed by atoms with van der Waals surface area (Å²) in [5, 5.41) is 7.44. The molecule has 1 aromatic carbocycles. The molecule has 0 amide bonds. The minimum absolute atomic E-state index is 0.235. The summed E-state index contributed by atoms with van der Waals surface area (Å²) in [5.41, 5.74) is 1.33. The fourth-order valence-electron chi connectivity index (χ4n) is 2.18. The Bertz CT molecular complexity index is 586. The number of hydrogen-bond acceptors (Lipinski definition) is 4. The SMILES string of the molecule is COCCn1cc(NC(C)c2c(F)cccc2OC)cn1. The van der Waals surface area contributed by atoms with Gasteiger partial charge in [-0.05, 0) is 19.1 Å². The molecule has 21 heavy (non-hydrogen) atoms. The van der Waals surface area contributed by atoms with Crippen molar-refractivity contribution >= 4 is 5.69 Å². The lowest BCUT2D eigenvalue weighted by atomic mass is 10.1. The Kier molecular flexibility index (Phi) is 5.16. The zero-order valence-corrected chi connectivity index (χ0v) is 12.5. The van der Waals surface area contributed by atoms with Crippen molar-refractivity contribution in [3.05, 3.63) is 42.0 Å². The number of halogens is 1. The van der Waals surface area contributed by atoms with E-state index in [9.17, 15) is 4.39 Å². The zero-order valence-electron chi connectivity index (χ0n) is 12.5. The number of anilines is 1. The summed E-state index contributed by atoms with van der Waals surface area (Å²) in [6.07, 6.45) is 3.57. The van der Waals surface area contributed by atoms with Crippen molar-refractivity contribution in [3.63, 3.8) is 0 Å². The van der Waals surface area contributed by atoms with Crippen molar-refractivity contribution < 1.29 is 13.9 Å². The van der Waals surface area contributed by atoms with Crippen LogP contribution in [0.3, 0.4) is 0 Å². The monoisotopic (exact) mass is 293 g/mol. The Balaban J connectivity index is 2.11. The zero-order chi connectivity index (χ0) is 15.2. The highest BCUT2D eigenvalue weighted by Crippen LogP contribution is 2.29. The highest BCUT2D eigenvalue weighted by atomic mass is 19.1. The van der Waals surface area contributed by atoms with Crippen LogP contribution in [0.2, 0.25) is 0 Å². The molecule has 0 radical (unpaired) electrons. The number of benzene rings is 1. The van der Waals surface area contributed by atoms with E-state index in [1.165, 1.54) is 13.2 Å². The Hall–Kier alpha value is -2.08. The van der Waals surface area contributed by atoms with Crippen molar-refractivity contribution in [2.24, 2.45) is 0 Å². The highest BCUT2D eigenvalue weighted by Gasteiger charge is 2.16. The van der Waals surface area contributed by atoms with Gasteiger partial charge >= 0.3 is 0 Å². The number of nitrogens with zero attached hydrogens (tertiary/aromatic N) is 2. The summed E-state index contributed by atoms with van der Waals surface area (Å²) < 4.78 is 26.0.